The van der Waals surface area contributed by atoms with Gasteiger partial charge < -0.3 is 0 Å². The Morgan fingerprint density at radius 1 is 1.04 bits per heavy atom. The van der Waals surface area contributed by atoms with E-state index in [4.69, 9.17) is 11.6 Å². The number of nitrogens with zero attached hydrogens (tertiary/aromatic N) is 3. The smallest absolute Gasteiger partial charge is 0.127 e. The zero-order valence-corrected chi connectivity index (χ0v) is 15.2. The maximum Gasteiger partial charge on any atom is 0.127 e. The summed E-state index contributed by atoms with van der Waals surface area (Å²) in [7, 11) is 0. The van der Waals surface area contributed by atoms with E-state index < -0.39 is 0 Å². The molecule has 3 nitrogen and oxygen atoms in total. The molecule has 0 aliphatic rings. The minimum absolute atomic E-state index is 0.202. The van der Waals surface area contributed by atoms with Crippen molar-refractivity contribution in [3.8, 4) is 11.3 Å². The number of fused-ring (bicyclic) bond motifs is 1. The van der Waals surface area contributed by atoms with Crippen molar-refractivity contribution in [3.63, 3.8) is 0 Å². The normalized spacial score (nSPS) is 11.1. The first-order valence-corrected chi connectivity index (χ1v) is 9.58. The van der Waals surface area contributed by atoms with Crippen LogP contribution in [-0.4, -0.2) is 14.3 Å². The SMILES string of the molecule is Fc1ccccc1CSc1ncnc2c(-c3ccc(Cl)cc3)nsc12. The lowest BCUT2D eigenvalue weighted by molar-refractivity contribution is 0.617. The molecule has 2 heterocycles. The molecule has 0 saturated carbocycles. The van der Waals surface area contributed by atoms with Gasteiger partial charge >= 0.3 is 0 Å². The van der Waals surface area contributed by atoms with Gasteiger partial charge in [-0.05, 0) is 35.3 Å². The van der Waals surface area contributed by atoms with E-state index in [1.807, 2.05) is 30.3 Å². The lowest BCUT2D eigenvalue weighted by atomic mass is 10.1. The summed E-state index contributed by atoms with van der Waals surface area (Å²) in [6.45, 7) is 0. The first kappa shape index (κ1) is 16.4. The second kappa shape index (κ2) is 7.07. The Labute approximate surface area is 157 Å². The van der Waals surface area contributed by atoms with E-state index >= 15 is 0 Å². The van der Waals surface area contributed by atoms with Crippen LogP contribution in [0.15, 0.2) is 59.9 Å². The maximum atomic E-state index is 13.8. The summed E-state index contributed by atoms with van der Waals surface area (Å²) in [4.78, 5) is 8.74. The summed E-state index contributed by atoms with van der Waals surface area (Å²) >= 11 is 8.79. The number of halogens is 2. The predicted octanol–water partition coefficient (Wildman–Crippen LogP) is 5.84. The molecule has 0 radical (unpaired) electrons. The number of rotatable bonds is 4. The van der Waals surface area contributed by atoms with E-state index in [1.54, 1.807) is 12.1 Å². The van der Waals surface area contributed by atoms with E-state index in [9.17, 15) is 4.39 Å². The molecule has 0 saturated heterocycles. The molecule has 0 bridgehead atoms. The first-order chi connectivity index (χ1) is 12.2. The Hall–Kier alpha value is -2.02. The Morgan fingerprint density at radius 3 is 2.64 bits per heavy atom. The molecule has 0 amide bonds. The first-order valence-electron chi connectivity index (χ1n) is 7.45. The molecule has 2 aromatic carbocycles. The number of benzene rings is 2. The van der Waals surface area contributed by atoms with Gasteiger partial charge in [-0.15, -0.1) is 0 Å². The van der Waals surface area contributed by atoms with Crippen molar-refractivity contribution in [2.45, 2.75) is 10.8 Å². The summed E-state index contributed by atoms with van der Waals surface area (Å²) in [5, 5.41) is 1.49. The fraction of sp³-hybridized carbons (Fsp3) is 0.0556. The van der Waals surface area contributed by atoms with E-state index in [-0.39, 0.29) is 5.82 Å². The summed E-state index contributed by atoms with van der Waals surface area (Å²) < 4.78 is 19.2. The molecule has 4 rings (SSSR count). The third kappa shape index (κ3) is 3.38. The van der Waals surface area contributed by atoms with Crippen LogP contribution in [0.25, 0.3) is 21.5 Å². The third-order valence-corrected chi connectivity index (χ3v) is 5.93. The van der Waals surface area contributed by atoms with Crippen LogP contribution in [0, 0.1) is 5.82 Å². The molecule has 0 unspecified atom stereocenters. The van der Waals surface area contributed by atoms with Gasteiger partial charge in [0.15, 0.2) is 0 Å². The van der Waals surface area contributed by atoms with Crippen molar-refractivity contribution in [3.05, 3.63) is 71.3 Å². The van der Waals surface area contributed by atoms with Gasteiger partial charge in [0.05, 0.1) is 0 Å². The number of aromatic nitrogens is 3. The quantitative estimate of drug-likeness (QED) is 0.326. The molecule has 7 heteroatoms. The average molecular weight is 388 g/mol. The Bertz CT molecular complexity index is 1030. The lowest BCUT2D eigenvalue weighted by Crippen LogP contribution is -1.89. The van der Waals surface area contributed by atoms with Crippen molar-refractivity contribution in [2.75, 3.05) is 0 Å². The van der Waals surface area contributed by atoms with Gasteiger partial charge in [0.25, 0.3) is 0 Å². The molecule has 2 aromatic heterocycles. The van der Waals surface area contributed by atoms with Gasteiger partial charge in [0.1, 0.15) is 33.1 Å². The maximum absolute atomic E-state index is 13.8. The fourth-order valence-electron chi connectivity index (χ4n) is 2.40. The molecule has 4 aromatic rings. The van der Waals surface area contributed by atoms with Crippen LogP contribution < -0.4 is 0 Å². The van der Waals surface area contributed by atoms with E-state index in [0.717, 1.165) is 26.5 Å². The average Bonchev–Trinajstić information content (AvgIpc) is 3.06. The lowest BCUT2D eigenvalue weighted by Gasteiger charge is -2.03. The van der Waals surface area contributed by atoms with Gasteiger partial charge in [-0.1, -0.05) is 53.7 Å². The largest absolute Gasteiger partial charge is 0.233 e. The Kier molecular flexibility index (Phi) is 4.65. The summed E-state index contributed by atoms with van der Waals surface area (Å²) in [6, 6.07) is 14.3. The Balaban J connectivity index is 1.67. The molecule has 25 heavy (non-hydrogen) atoms. The highest BCUT2D eigenvalue weighted by Gasteiger charge is 2.15. The minimum Gasteiger partial charge on any atom is -0.233 e. The van der Waals surface area contributed by atoms with E-state index in [0.29, 0.717) is 16.3 Å². The molecular formula is C18H11ClFN3S2. The van der Waals surface area contributed by atoms with Crippen molar-refractivity contribution >= 4 is 45.1 Å². The molecule has 0 aliphatic carbocycles. The van der Waals surface area contributed by atoms with Crippen molar-refractivity contribution in [1.29, 1.82) is 0 Å². The fourth-order valence-corrected chi connectivity index (χ4v) is 4.44. The number of hydrogen-bond donors (Lipinski definition) is 0. The van der Waals surface area contributed by atoms with Crippen LogP contribution >= 0.6 is 34.9 Å². The van der Waals surface area contributed by atoms with Gasteiger partial charge in [-0.25, -0.2) is 14.4 Å². The molecule has 0 fully saturated rings. The summed E-state index contributed by atoms with van der Waals surface area (Å²) in [6.07, 6.45) is 1.53. The number of thioether (sulfide) groups is 1. The summed E-state index contributed by atoms with van der Waals surface area (Å²) in [5.74, 6) is 0.305. The zero-order valence-electron chi connectivity index (χ0n) is 12.8. The molecular weight excluding hydrogens is 377 g/mol. The highest BCUT2D eigenvalue weighted by molar-refractivity contribution is 7.98. The topological polar surface area (TPSA) is 38.7 Å². The molecule has 124 valence electrons. The highest BCUT2D eigenvalue weighted by Crippen LogP contribution is 2.35. The van der Waals surface area contributed by atoms with E-state index in [1.165, 1.54) is 35.7 Å². The van der Waals surface area contributed by atoms with Gasteiger partial charge in [-0.3, -0.25) is 0 Å². The van der Waals surface area contributed by atoms with E-state index in [2.05, 4.69) is 14.3 Å². The van der Waals surface area contributed by atoms with Crippen molar-refractivity contribution in [1.82, 2.24) is 14.3 Å². The van der Waals surface area contributed by atoms with Crippen LogP contribution in [0.2, 0.25) is 5.02 Å². The second-order valence-electron chi connectivity index (χ2n) is 5.27. The van der Waals surface area contributed by atoms with Crippen LogP contribution in [0.1, 0.15) is 5.56 Å². The van der Waals surface area contributed by atoms with Crippen LogP contribution in [0.4, 0.5) is 4.39 Å². The predicted molar refractivity (Wildman–Crippen MR) is 102 cm³/mol. The van der Waals surface area contributed by atoms with Gasteiger partial charge in [0, 0.05) is 16.3 Å². The summed E-state index contributed by atoms with van der Waals surface area (Å²) in [5.41, 5.74) is 3.23. The monoisotopic (exact) mass is 387 g/mol. The molecule has 0 N–H and O–H groups in total. The van der Waals surface area contributed by atoms with Crippen molar-refractivity contribution < 1.29 is 4.39 Å². The van der Waals surface area contributed by atoms with Crippen LogP contribution in [0.3, 0.4) is 0 Å². The molecule has 0 atom stereocenters. The van der Waals surface area contributed by atoms with Gasteiger partial charge in [0.2, 0.25) is 0 Å². The van der Waals surface area contributed by atoms with Crippen LogP contribution in [0.5, 0.6) is 0 Å². The molecule has 0 aliphatic heterocycles. The third-order valence-electron chi connectivity index (χ3n) is 3.66. The van der Waals surface area contributed by atoms with Gasteiger partial charge in [-0.2, -0.15) is 4.37 Å². The van der Waals surface area contributed by atoms with Crippen LogP contribution in [-0.2, 0) is 5.75 Å². The Morgan fingerprint density at radius 2 is 1.84 bits per heavy atom. The standard InChI is InChI=1S/C18H11ClFN3S2/c19-13-7-5-11(6-8-13)15-16-17(25-23-15)18(22-10-21-16)24-9-12-3-1-2-4-14(12)20/h1-8,10H,9H2. The second-order valence-corrected chi connectivity index (χ2v) is 7.45. The highest BCUT2D eigenvalue weighted by atomic mass is 35.5. The number of hydrogen-bond acceptors (Lipinski definition) is 5. The molecule has 0 spiro atoms. The minimum atomic E-state index is -0.202. The zero-order chi connectivity index (χ0) is 17.2. The van der Waals surface area contributed by atoms with Crippen molar-refractivity contribution in [2.24, 2.45) is 0 Å².